The van der Waals surface area contributed by atoms with E-state index in [2.05, 4.69) is 25.1 Å². The van der Waals surface area contributed by atoms with Crippen molar-refractivity contribution in [3.8, 4) is 0 Å². The molecule has 1 aliphatic rings. The Morgan fingerprint density at radius 3 is 2.48 bits per heavy atom. The number of amides is 1. The molecule has 0 spiro atoms. The fraction of sp³-hybridized carbons (Fsp3) is 0.353. The van der Waals surface area contributed by atoms with Crippen LogP contribution in [0.2, 0.25) is 0 Å². The molecule has 2 aromatic heterocycles. The summed E-state index contributed by atoms with van der Waals surface area (Å²) < 4.78 is 0. The van der Waals surface area contributed by atoms with E-state index in [4.69, 9.17) is 0 Å². The highest BCUT2D eigenvalue weighted by Crippen LogP contribution is 2.19. The van der Waals surface area contributed by atoms with Gasteiger partial charge in [-0.1, -0.05) is 13.0 Å². The van der Waals surface area contributed by atoms with Crippen molar-refractivity contribution in [2.24, 2.45) is 0 Å². The number of pyridine rings is 2. The molecular formula is C17H21N5O. The zero-order chi connectivity index (χ0) is 16.1. The molecule has 0 saturated carbocycles. The zero-order valence-corrected chi connectivity index (χ0v) is 13.3. The molecule has 120 valence electrons. The van der Waals surface area contributed by atoms with Gasteiger partial charge < -0.3 is 15.1 Å². The topological polar surface area (TPSA) is 61.4 Å². The molecule has 0 unspecified atom stereocenters. The van der Waals surface area contributed by atoms with Gasteiger partial charge in [-0.05, 0) is 24.3 Å². The van der Waals surface area contributed by atoms with E-state index < -0.39 is 0 Å². The van der Waals surface area contributed by atoms with Crippen LogP contribution in [0.25, 0.3) is 0 Å². The molecule has 0 atom stereocenters. The molecule has 0 aromatic carbocycles. The molecule has 3 heterocycles. The van der Waals surface area contributed by atoms with Gasteiger partial charge in [0.2, 0.25) is 5.91 Å². The van der Waals surface area contributed by atoms with E-state index in [1.165, 1.54) is 0 Å². The van der Waals surface area contributed by atoms with Crippen LogP contribution in [-0.4, -0.2) is 42.1 Å². The summed E-state index contributed by atoms with van der Waals surface area (Å²) in [6, 6.07) is 9.86. The van der Waals surface area contributed by atoms with Crippen molar-refractivity contribution < 1.29 is 4.79 Å². The Kier molecular flexibility index (Phi) is 4.71. The first-order valence-electron chi connectivity index (χ1n) is 7.93. The number of nitrogens with one attached hydrogen (secondary N) is 1. The third kappa shape index (κ3) is 3.77. The first-order valence-corrected chi connectivity index (χ1v) is 7.93. The second kappa shape index (κ2) is 7.09. The summed E-state index contributed by atoms with van der Waals surface area (Å²) in [7, 11) is 0. The normalized spacial score (nSPS) is 14.7. The van der Waals surface area contributed by atoms with E-state index in [1.54, 1.807) is 0 Å². The summed E-state index contributed by atoms with van der Waals surface area (Å²) in [5.41, 5.74) is 1.08. The lowest BCUT2D eigenvalue weighted by Crippen LogP contribution is -2.46. The second-order valence-corrected chi connectivity index (χ2v) is 5.47. The Morgan fingerprint density at radius 1 is 1.09 bits per heavy atom. The standard InChI is InChI=1S/C17H21N5O/c1-2-17(23)20-15-7-6-14(13-19-15)21-9-11-22(12-10-21)16-5-3-4-8-18-16/h3-8,13H,2,9-12H2,1H3,(H,19,20,23). The Balaban J connectivity index is 1.58. The Morgan fingerprint density at radius 2 is 1.87 bits per heavy atom. The third-order valence-electron chi connectivity index (χ3n) is 3.95. The van der Waals surface area contributed by atoms with Crippen molar-refractivity contribution in [2.75, 3.05) is 41.3 Å². The monoisotopic (exact) mass is 311 g/mol. The van der Waals surface area contributed by atoms with E-state index in [9.17, 15) is 4.79 Å². The van der Waals surface area contributed by atoms with Crippen LogP contribution in [0.5, 0.6) is 0 Å². The average Bonchev–Trinajstić information content (AvgIpc) is 2.63. The van der Waals surface area contributed by atoms with E-state index in [0.29, 0.717) is 12.2 Å². The van der Waals surface area contributed by atoms with Gasteiger partial charge in [0, 0.05) is 38.8 Å². The third-order valence-corrected chi connectivity index (χ3v) is 3.95. The predicted molar refractivity (Wildman–Crippen MR) is 91.8 cm³/mol. The number of carbonyl (C=O) groups is 1. The fourth-order valence-electron chi connectivity index (χ4n) is 2.61. The number of nitrogens with zero attached hydrogens (tertiary/aromatic N) is 4. The van der Waals surface area contributed by atoms with Crippen LogP contribution >= 0.6 is 0 Å². The minimum Gasteiger partial charge on any atom is -0.367 e. The maximum Gasteiger partial charge on any atom is 0.225 e. The van der Waals surface area contributed by atoms with Crippen molar-refractivity contribution in [3.05, 3.63) is 42.7 Å². The van der Waals surface area contributed by atoms with Crippen molar-refractivity contribution in [3.63, 3.8) is 0 Å². The SMILES string of the molecule is CCC(=O)Nc1ccc(N2CCN(c3ccccn3)CC2)cn1. The molecule has 1 N–H and O–H groups in total. The van der Waals surface area contributed by atoms with Crippen molar-refractivity contribution in [2.45, 2.75) is 13.3 Å². The Bertz CT molecular complexity index is 636. The number of anilines is 3. The number of aromatic nitrogens is 2. The van der Waals surface area contributed by atoms with Gasteiger partial charge in [0.05, 0.1) is 11.9 Å². The van der Waals surface area contributed by atoms with E-state index in [1.807, 2.05) is 49.6 Å². The van der Waals surface area contributed by atoms with E-state index in [-0.39, 0.29) is 5.91 Å². The van der Waals surface area contributed by atoms with Crippen LogP contribution < -0.4 is 15.1 Å². The highest BCUT2D eigenvalue weighted by molar-refractivity contribution is 5.89. The predicted octanol–water partition coefficient (Wildman–Crippen LogP) is 2.15. The van der Waals surface area contributed by atoms with Crippen molar-refractivity contribution in [1.29, 1.82) is 0 Å². The molecule has 0 bridgehead atoms. The first-order chi connectivity index (χ1) is 11.3. The molecular weight excluding hydrogens is 290 g/mol. The Labute approximate surface area is 136 Å². The average molecular weight is 311 g/mol. The first kappa shape index (κ1) is 15.3. The zero-order valence-electron chi connectivity index (χ0n) is 13.3. The van der Waals surface area contributed by atoms with Gasteiger partial charge in [-0.15, -0.1) is 0 Å². The molecule has 2 aromatic rings. The summed E-state index contributed by atoms with van der Waals surface area (Å²) in [4.78, 5) is 24.7. The minimum atomic E-state index is -0.0192. The summed E-state index contributed by atoms with van der Waals surface area (Å²) in [6.45, 7) is 5.55. The lowest BCUT2D eigenvalue weighted by atomic mass is 10.2. The minimum absolute atomic E-state index is 0.0192. The molecule has 1 aliphatic heterocycles. The number of piperazine rings is 1. The quantitative estimate of drug-likeness (QED) is 0.937. The summed E-state index contributed by atoms with van der Waals surface area (Å²) in [6.07, 6.45) is 4.11. The molecule has 3 rings (SSSR count). The van der Waals surface area contributed by atoms with Gasteiger partial charge in [0.25, 0.3) is 0 Å². The van der Waals surface area contributed by atoms with Crippen LogP contribution in [0, 0.1) is 0 Å². The summed E-state index contributed by atoms with van der Waals surface area (Å²) >= 11 is 0. The molecule has 23 heavy (non-hydrogen) atoms. The molecule has 0 aliphatic carbocycles. The molecule has 6 heteroatoms. The van der Waals surface area contributed by atoms with Gasteiger partial charge in [-0.25, -0.2) is 9.97 Å². The highest BCUT2D eigenvalue weighted by Gasteiger charge is 2.18. The van der Waals surface area contributed by atoms with Gasteiger partial charge in [-0.2, -0.15) is 0 Å². The Hall–Kier alpha value is -2.63. The lowest BCUT2D eigenvalue weighted by Gasteiger charge is -2.36. The number of rotatable bonds is 4. The lowest BCUT2D eigenvalue weighted by molar-refractivity contribution is -0.115. The van der Waals surface area contributed by atoms with Crippen LogP contribution in [0.1, 0.15) is 13.3 Å². The maximum atomic E-state index is 11.4. The smallest absolute Gasteiger partial charge is 0.225 e. The molecule has 0 radical (unpaired) electrons. The van der Waals surface area contributed by atoms with Gasteiger partial charge in [0.15, 0.2) is 0 Å². The number of hydrogen-bond acceptors (Lipinski definition) is 5. The van der Waals surface area contributed by atoms with Crippen LogP contribution in [0.15, 0.2) is 42.7 Å². The molecule has 1 amide bonds. The fourth-order valence-corrected chi connectivity index (χ4v) is 2.61. The summed E-state index contributed by atoms with van der Waals surface area (Å²) in [5.74, 6) is 1.62. The van der Waals surface area contributed by atoms with Crippen LogP contribution in [0.4, 0.5) is 17.3 Å². The van der Waals surface area contributed by atoms with Gasteiger partial charge in [0.1, 0.15) is 11.6 Å². The summed E-state index contributed by atoms with van der Waals surface area (Å²) in [5, 5.41) is 2.77. The highest BCUT2D eigenvalue weighted by atomic mass is 16.1. The van der Waals surface area contributed by atoms with E-state index in [0.717, 1.165) is 37.7 Å². The second-order valence-electron chi connectivity index (χ2n) is 5.47. The largest absolute Gasteiger partial charge is 0.367 e. The number of carbonyl (C=O) groups excluding carboxylic acids is 1. The van der Waals surface area contributed by atoms with Crippen LogP contribution in [0.3, 0.4) is 0 Å². The van der Waals surface area contributed by atoms with E-state index >= 15 is 0 Å². The van der Waals surface area contributed by atoms with Crippen molar-refractivity contribution >= 4 is 23.2 Å². The molecule has 1 fully saturated rings. The van der Waals surface area contributed by atoms with Gasteiger partial charge in [-0.3, -0.25) is 4.79 Å². The number of hydrogen-bond donors (Lipinski definition) is 1. The van der Waals surface area contributed by atoms with Gasteiger partial charge >= 0.3 is 0 Å². The molecule has 1 saturated heterocycles. The van der Waals surface area contributed by atoms with Crippen molar-refractivity contribution in [1.82, 2.24) is 9.97 Å². The molecule has 6 nitrogen and oxygen atoms in total. The maximum absolute atomic E-state index is 11.4. The van der Waals surface area contributed by atoms with Crippen LogP contribution in [-0.2, 0) is 4.79 Å².